The summed E-state index contributed by atoms with van der Waals surface area (Å²) < 4.78 is 5.20. The van der Waals surface area contributed by atoms with Crippen molar-refractivity contribution >= 4 is 103 Å². The molecule has 13 rings (SSSR count). The zero-order valence-electron chi connectivity index (χ0n) is 36.1. The molecule has 316 valence electrons. The Bertz CT molecular complexity index is 3660. The normalized spacial score (nSPS) is 11.6. The van der Waals surface area contributed by atoms with E-state index in [1.807, 2.05) is 45.3 Å². The average molecular weight is 926 g/mol. The van der Waals surface area contributed by atoms with Gasteiger partial charge in [0.2, 0.25) is 0 Å². The molecule has 0 saturated carbocycles. The van der Waals surface area contributed by atoms with Crippen molar-refractivity contribution in [1.82, 2.24) is 0 Å². The van der Waals surface area contributed by atoms with Crippen LogP contribution in [-0.2, 0) is 0 Å². The Balaban J connectivity index is 0.924. The van der Waals surface area contributed by atoms with Gasteiger partial charge in [-0.2, -0.15) is 0 Å². The van der Waals surface area contributed by atoms with Crippen LogP contribution in [0, 0.1) is 0 Å². The second-order valence-electron chi connectivity index (χ2n) is 16.7. The second kappa shape index (κ2) is 16.8. The zero-order valence-corrected chi connectivity index (χ0v) is 39.4. The van der Waals surface area contributed by atoms with E-state index in [-0.39, 0.29) is 0 Å². The molecule has 0 aliphatic rings. The van der Waals surface area contributed by atoms with Crippen LogP contribution in [0.4, 0.5) is 17.1 Å². The molecule has 4 aromatic heterocycles. The maximum atomic E-state index is 2.38. The second-order valence-corrected chi connectivity index (χ2v) is 20.9. The molecule has 5 heteroatoms. The Kier molecular flexibility index (Phi) is 10.0. The van der Waals surface area contributed by atoms with Gasteiger partial charge in [-0.25, -0.2) is 0 Å². The Morgan fingerprint density at radius 1 is 0.209 bits per heavy atom. The SMILES string of the molecule is c1ccc(-c2c(-c3sc4ccccc4c3-c3ccc(N(c4ccccc4)c4ccc(-c5c(-c6sc7ccccc7c6-c6ccccc6)sc6ccccc56)cc4)cc3)sc3ccccc23)cc1. The van der Waals surface area contributed by atoms with Crippen LogP contribution in [0.5, 0.6) is 0 Å². The van der Waals surface area contributed by atoms with Crippen molar-refractivity contribution in [1.29, 1.82) is 0 Å². The van der Waals surface area contributed by atoms with E-state index in [1.54, 1.807) is 0 Å². The predicted octanol–water partition coefficient (Wildman–Crippen LogP) is 20.0. The summed E-state index contributed by atoms with van der Waals surface area (Å²) in [7, 11) is 0. The standard InChI is InChI=1S/C62H39NS4/c1-4-18-40(19-5-1)55-47-24-10-14-28-51(47)64-59(55)61-57(49-26-12-16-30-53(49)66-61)42-32-36-45(37-33-42)63(44-22-8-3-9-23-44)46-38-34-43(35-39-46)58-50-27-13-17-31-54(50)67-62(58)60-56(41-20-6-2-7-21-41)48-25-11-15-29-52(48)65-60/h1-39H. The smallest absolute Gasteiger partial charge is 0.0540 e. The Morgan fingerprint density at radius 2 is 0.448 bits per heavy atom. The van der Waals surface area contributed by atoms with Gasteiger partial charge in [0, 0.05) is 79.7 Å². The Hall–Kier alpha value is -7.38. The molecule has 0 bridgehead atoms. The lowest BCUT2D eigenvalue weighted by Crippen LogP contribution is -2.09. The number of para-hydroxylation sites is 1. The lowest BCUT2D eigenvalue weighted by Gasteiger charge is -2.26. The van der Waals surface area contributed by atoms with E-state index in [4.69, 9.17) is 0 Å². The minimum absolute atomic E-state index is 1.11. The van der Waals surface area contributed by atoms with Crippen molar-refractivity contribution in [3.05, 3.63) is 237 Å². The van der Waals surface area contributed by atoms with Gasteiger partial charge in [-0.15, -0.1) is 45.3 Å². The van der Waals surface area contributed by atoms with Crippen molar-refractivity contribution in [2.24, 2.45) is 0 Å². The summed E-state index contributed by atoms with van der Waals surface area (Å²) >= 11 is 7.61. The van der Waals surface area contributed by atoms with Crippen LogP contribution < -0.4 is 4.90 Å². The third-order valence-corrected chi connectivity index (χ3v) is 17.8. The number of hydrogen-bond donors (Lipinski definition) is 0. The first-order chi connectivity index (χ1) is 33.2. The summed E-state index contributed by atoms with van der Waals surface area (Å²) in [5.41, 5.74) is 13.5. The van der Waals surface area contributed by atoms with Gasteiger partial charge in [0.1, 0.15) is 0 Å². The fourth-order valence-electron chi connectivity index (χ4n) is 9.76. The molecule has 0 fully saturated rings. The minimum Gasteiger partial charge on any atom is -0.311 e. The minimum atomic E-state index is 1.11. The maximum Gasteiger partial charge on any atom is 0.0540 e. The molecule has 67 heavy (non-hydrogen) atoms. The summed E-state index contributed by atoms with van der Waals surface area (Å²) in [5, 5.41) is 5.18. The van der Waals surface area contributed by atoms with Gasteiger partial charge in [-0.3, -0.25) is 0 Å². The summed E-state index contributed by atoms with van der Waals surface area (Å²) in [4.78, 5) is 7.66. The van der Waals surface area contributed by atoms with Gasteiger partial charge < -0.3 is 4.90 Å². The summed E-state index contributed by atoms with van der Waals surface area (Å²) in [6.45, 7) is 0. The summed E-state index contributed by atoms with van der Waals surface area (Å²) in [5.74, 6) is 0. The number of thiophene rings is 4. The lowest BCUT2D eigenvalue weighted by molar-refractivity contribution is 1.28. The molecule has 0 atom stereocenters. The molecule has 0 saturated heterocycles. The Morgan fingerprint density at radius 3 is 0.761 bits per heavy atom. The van der Waals surface area contributed by atoms with E-state index in [0.717, 1.165) is 17.1 Å². The first kappa shape index (κ1) is 39.9. The van der Waals surface area contributed by atoms with Crippen LogP contribution in [0.2, 0.25) is 0 Å². The maximum absolute atomic E-state index is 2.38. The van der Waals surface area contributed by atoms with Gasteiger partial charge in [-0.05, 0) is 82.9 Å². The lowest BCUT2D eigenvalue weighted by atomic mass is 9.96. The van der Waals surface area contributed by atoms with Crippen LogP contribution >= 0.6 is 45.3 Å². The zero-order chi connectivity index (χ0) is 44.3. The highest BCUT2D eigenvalue weighted by Gasteiger charge is 2.25. The summed E-state index contributed by atoms with van der Waals surface area (Å²) in [6.07, 6.45) is 0. The van der Waals surface area contributed by atoms with Gasteiger partial charge in [0.05, 0.1) is 19.5 Å². The number of rotatable bonds is 9. The molecule has 0 N–H and O–H groups in total. The van der Waals surface area contributed by atoms with E-state index < -0.39 is 0 Å². The van der Waals surface area contributed by atoms with Crippen LogP contribution in [0.25, 0.3) is 104 Å². The highest BCUT2D eigenvalue weighted by Crippen LogP contribution is 2.55. The predicted molar refractivity (Wildman–Crippen MR) is 295 cm³/mol. The first-order valence-electron chi connectivity index (χ1n) is 22.5. The monoisotopic (exact) mass is 925 g/mol. The van der Waals surface area contributed by atoms with E-state index in [0.29, 0.717) is 0 Å². The number of anilines is 3. The molecule has 0 spiro atoms. The molecule has 0 unspecified atom stereocenters. The number of nitrogens with zero attached hydrogens (tertiary/aromatic N) is 1. The highest BCUT2D eigenvalue weighted by molar-refractivity contribution is 7.30. The molecule has 0 aliphatic heterocycles. The fourth-order valence-corrected chi connectivity index (χ4v) is 14.9. The van der Waals surface area contributed by atoms with Gasteiger partial charge in [0.25, 0.3) is 0 Å². The average Bonchev–Trinajstić information content (AvgIpc) is 4.18. The van der Waals surface area contributed by atoms with Gasteiger partial charge in [0.15, 0.2) is 0 Å². The molecule has 9 aromatic carbocycles. The number of benzene rings is 9. The number of hydrogen-bond acceptors (Lipinski definition) is 5. The van der Waals surface area contributed by atoms with E-state index in [1.165, 1.54) is 104 Å². The molecule has 13 aromatic rings. The van der Waals surface area contributed by atoms with Crippen molar-refractivity contribution in [2.45, 2.75) is 0 Å². The molecule has 4 heterocycles. The van der Waals surface area contributed by atoms with Crippen molar-refractivity contribution in [2.75, 3.05) is 4.90 Å². The van der Waals surface area contributed by atoms with Crippen LogP contribution in [0.15, 0.2) is 237 Å². The Labute approximate surface area is 405 Å². The van der Waals surface area contributed by atoms with Crippen LogP contribution in [0.3, 0.4) is 0 Å². The largest absolute Gasteiger partial charge is 0.311 e. The van der Waals surface area contributed by atoms with E-state index >= 15 is 0 Å². The van der Waals surface area contributed by atoms with Crippen molar-refractivity contribution in [3.63, 3.8) is 0 Å². The molecule has 0 aliphatic carbocycles. The van der Waals surface area contributed by atoms with Crippen LogP contribution in [-0.4, -0.2) is 0 Å². The number of fused-ring (bicyclic) bond motifs is 4. The molecular formula is C62H39NS4. The van der Waals surface area contributed by atoms with Gasteiger partial charge >= 0.3 is 0 Å². The molecular weight excluding hydrogens is 887 g/mol. The van der Waals surface area contributed by atoms with E-state index in [2.05, 4.69) is 241 Å². The quantitative estimate of drug-likeness (QED) is 0.139. The fraction of sp³-hybridized carbons (Fsp3) is 0. The molecule has 0 amide bonds. The third kappa shape index (κ3) is 6.93. The topological polar surface area (TPSA) is 3.24 Å². The van der Waals surface area contributed by atoms with Crippen molar-refractivity contribution < 1.29 is 0 Å². The first-order valence-corrected chi connectivity index (χ1v) is 25.8. The third-order valence-electron chi connectivity index (χ3n) is 12.8. The molecule has 1 nitrogen and oxygen atoms in total. The van der Waals surface area contributed by atoms with Crippen LogP contribution in [0.1, 0.15) is 0 Å². The molecule has 0 radical (unpaired) electrons. The van der Waals surface area contributed by atoms with Gasteiger partial charge in [-0.1, -0.05) is 176 Å². The van der Waals surface area contributed by atoms with E-state index in [9.17, 15) is 0 Å². The summed E-state index contributed by atoms with van der Waals surface area (Å²) in [6, 6.07) is 86.6. The highest BCUT2D eigenvalue weighted by atomic mass is 32.1. The van der Waals surface area contributed by atoms with Crippen molar-refractivity contribution in [3.8, 4) is 64.0 Å².